The largest absolute Gasteiger partial charge is 0.351 e. The lowest BCUT2D eigenvalue weighted by Crippen LogP contribution is -2.41. The average Bonchev–Trinajstić information content (AvgIpc) is 2.90. The van der Waals surface area contributed by atoms with Gasteiger partial charge in [0.05, 0.1) is 0 Å². The van der Waals surface area contributed by atoms with Gasteiger partial charge in [-0.25, -0.2) is 4.79 Å². The molecule has 1 aliphatic rings. The molecule has 2 N–H and O–H groups in total. The third kappa shape index (κ3) is 7.17. The van der Waals surface area contributed by atoms with Gasteiger partial charge in [-0.2, -0.15) is 0 Å². The first kappa shape index (κ1) is 24.5. The molecule has 0 unspecified atom stereocenters. The summed E-state index contributed by atoms with van der Waals surface area (Å²) in [4.78, 5) is 29.6. The molecule has 6 heteroatoms. The number of piperidine rings is 1. The van der Waals surface area contributed by atoms with Crippen LogP contribution in [0.5, 0.6) is 0 Å². The molecule has 1 heterocycles. The third-order valence-corrected chi connectivity index (χ3v) is 6.43. The Labute approximate surface area is 207 Å². The van der Waals surface area contributed by atoms with E-state index in [4.69, 9.17) is 0 Å². The topological polar surface area (TPSA) is 64.7 Å². The number of hydrogen-bond donors (Lipinski definition) is 2. The number of likely N-dealkylation sites (N-methyl/N-ethyl adjacent to an activating group) is 1. The van der Waals surface area contributed by atoms with Crippen molar-refractivity contribution in [3.8, 4) is 0 Å². The van der Waals surface area contributed by atoms with Crippen LogP contribution in [0.4, 0.5) is 10.5 Å². The van der Waals surface area contributed by atoms with E-state index in [0.29, 0.717) is 18.7 Å². The second-order valence-electron chi connectivity index (χ2n) is 9.19. The molecule has 3 aromatic rings. The van der Waals surface area contributed by atoms with E-state index in [9.17, 15) is 9.59 Å². The molecule has 1 aliphatic heterocycles. The molecule has 0 aromatic heterocycles. The first-order valence-electron chi connectivity index (χ1n) is 12.3. The smallest absolute Gasteiger partial charge is 0.321 e. The summed E-state index contributed by atoms with van der Waals surface area (Å²) in [6.07, 6.45) is 1.95. The number of nitrogens with zero attached hydrogens (tertiary/aromatic N) is 2. The molecule has 6 nitrogen and oxygen atoms in total. The van der Waals surface area contributed by atoms with Crippen molar-refractivity contribution in [3.63, 3.8) is 0 Å². The molecule has 0 saturated carbocycles. The Morgan fingerprint density at radius 3 is 2.49 bits per heavy atom. The Hall–Kier alpha value is -3.64. The van der Waals surface area contributed by atoms with Crippen molar-refractivity contribution in [2.75, 3.05) is 38.5 Å². The van der Waals surface area contributed by atoms with Crippen molar-refractivity contribution in [3.05, 3.63) is 102 Å². The molecule has 1 atom stereocenters. The SMILES string of the molecule is CN(CCNC(=O)c1cccc([C@@H]2CCCN(C(=O)Nc3ccccc3)C2)c1)Cc1ccccc1. The number of carbonyl (C=O) groups is 2. The first-order valence-corrected chi connectivity index (χ1v) is 12.3. The molecule has 0 aliphatic carbocycles. The Morgan fingerprint density at radius 2 is 1.71 bits per heavy atom. The summed E-state index contributed by atoms with van der Waals surface area (Å²) >= 11 is 0. The van der Waals surface area contributed by atoms with Crippen molar-refractivity contribution in [2.24, 2.45) is 0 Å². The Kier molecular flexibility index (Phi) is 8.52. The van der Waals surface area contributed by atoms with E-state index >= 15 is 0 Å². The fourth-order valence-corrected chi connectivity index (χ4v) is 4.53. The van der Waals surface area contributed by atoms with Crippen LogP contribution in [0.3, 0.4) is 0 Å². The molecule has 3 amide bonds. The van der Waals surface area contributed by atoms with Gasteiger partial charge in [0.1, 0.15) is 0 Å². The molecular formula is C29H34N4O2. The van der Waals surface area contributed by atoms with Crippen molar-refractivity contribution in [1.29, 1.82) is 0 Å². The van der Waals surface area contributed by atoms with Crippen LogP contribution in [0.1, 0.15) is 40.2 Å². The molecule has 0 spiro atoms. The highest BCUT2D eigenvalue weighted by molar-refractivity contribution is 5.94. The van der Waals surface area contributed by atoms with Crippen LogP contribution in [-0.2, 0) is 6.54 Å². The number of amides is 3. The van der Waals surface area contributed by atoms with Crippen LogP contribution in [0.25, 0.3) is 0 Å². The molecule has 0 radical (unpaired) electrons. The molecule has 1 saturated heterocycles. The number of benzene rings is 3. The third-order valence-electron chi connectivity index (χ3n) is 6.43. The second kappa shape index (κ2) is 12.2. The minimum atomic E-state index is -0.0746. The van der Waals surface area contributed by atoms with E-state index < -0.39 is 0 Å². The predicted molar refractivity (Wildman–Crippen MR) is 141 cm³/mol. The van der Waals surface area contributed by atoms with E-state index in [1.165, 1.54) is 5.56 Å². The number of para-hydroxylation sites is 1. The van der Waals surface area contributed by atoms with E-state index in [1.807, 2.05) is 71.6 Å². The minimum Gasteiger partial charge on any atom is -0.351 e. The zero-order chi connectivity index (χ0) is 24.5. The molecule has 0 bridgehead atoms. The Bertz CT molecular complexity index is 1100. The summed E-state index contributed by atoms with van der Waals surface area (Å²) in [6, 6.07) is 27.6. The van der Waals surface area contributed by atoms with Gasteiger partial charge in [-0.3, -0.25) is 4.79 Å². The summed E-state index contributed by atoms with van der Waals surface area (Å²) in [6.45, 7) is 3.60. The normalized spacial score (nSPS) is 15.6. The minimum absolute atomic E-state index is 0.0607. The number of likely N-dealkylation sites (tertiary alicyclic amines) is 1. The van der Waals surface area contributed by atoms with Gasteiger partial charge in [-0.15, -0.1) is 0 Å². The summed E-state index contributed by atoms with van der Waals surface area (Å²) in [7, 11) is 2.06. The average molecular weight is 471 g/mol. The predicted octanol–water partition coefficient (Wildman–Crippen LogP) is 4.96. The number of nitrogens with one attached hydrogen (secondary N) is 2. The van der Waals surface area contributed by atoms with Gasteiger partial charge in [0.2, 0.25) is 0 Å². The monoisotopic (exact) mass is 470 g/mol. The maximum absolute atomic E-state index is 12.8. The van der Waals surface area contributed by atoms with Crippen LogP contribution in [-0.4, -0.2) is 55.0 Å². The van der Waals surface area contributed by atoms with Crippen LogP contribution < -0.4 is 10.6 Å². The number of urea groups is 1. The lowest BCUT2D eigenvalue weighted by molar-refractivity contribution is 0.0949. The highest BCUT2D eigenvalue weighted by atomic mass is 16.2. The molecule has 3 aromatic carbocycles. The summed E-state index contributed by atoms with van der Waals surface area (Å²) in [5.74, 6) is 0.157. The van der Waals surface area contributed by atoms with Gasteiger partial charge < -0.3 is 20.4 Å². The molecule has 35 heavy (non-hydrogen) atoms. The molecule has 182 valence electrons. The zero-order valence-corrected chi connectivity index (χ0v) is 20.3. The summed E-state index contributed by atoms with van der Waals surface area (Å²) in [5, 5.41) is 6.02. The fourth-order valence-electron chi connectivity index (χ4n) is 4.53. The number of rotatable bonds is 8. The molecule has 1 fully saturated rings. The zero-order valence-electron chi connectivity index (χ0n) is 20.3. The van der Waals surface area contributed by atoms with Gasteiger partial charge in [0.25, 0.3) is 5.91 Å². The van der Waals surface area contributed by atoms with E-state index in [2.05, 4.69) is 40.8 Å². The maximum Gasteiger partial charge on any atom is 0.321 e. The quantitative estimate of drug-likeness (QED) is 0.489. The van der Waals surface area contributed by atoms with Crippen molar-refractivity contribution < 1.29 is 9.59 Å². The van der Waals surface area contributed by atoms with E-state index in [1.54, 1.807) is 0 Å². The highest BCUT2D eigenvalue weighted by Gasteiger charge is 2.25. The fraction of sp³-hybridized carbons (Fsp3) is 0.310. The van der Waals surface area contributed by atoms with Crippen molar-refractivity contribution in [1.82, 2.24) is 15.1 Å². The van der Waals surface area contributed by atoms with Gasteiger partial charge in [-0.1, -0.05) is 60.7 Å². The van der Waals surface area contributed by atoms with Gasteiger partial charge >= 0.3 is 6.03 Å². The van der Waals surface area contributed by atoms with Crippen molar-refractivity contribution in [2.45, 2.75) is 25.3 Å². The standard InChI is InChI=1S/C29H34N4O2/c1-32(21-23-10-4-2-5-11-23)19-17-30-28(34)25-13-8-12-24(20-25)26-14-9-18-33(22-26)29(35)31-27-15-6-3-7-16-27/h2-8,10-13,15-16,20,26H,9,14,17-19,21-22H2,1H3,(H,30,34)(H,31,35)/t26-/m1/s1. The van der Waals surface area contributed by atoms with Crippen LogP contribution >= 0.6 is 0 Å². The van der Waals surface area contributed by atoms with Gasteiger partial charge in [0.15, 0.2) is 0 Å². The highest BCUT2D eigenvalue weighted by Crippen LogP contribution is 2.28. The number of carbonyl (C=O) groups excluding carboxylic acids is 2. The van der Waals surface area contributed by atoms with E-state index in [-0.39, 0.29) is 17.9 Å². The van der Waals surface area contributed by atoms with Crippen LogP contribution in [0.15, 0.2) is 84.9 Å². The molecular weight excluding hydrogens is 436 g/mol. The van der Waals surface area contributed by atoms with Crippen LogP contribution in [0.2, 0.25) is 0 Å². The summed E-state index contributed by atoms with van der Waals surface area (Å²) < 4.78 is 0. The van der Waals surface area contributed by atoms with Gasteiger partial charge in [-0.05, 0) is 55.3 Å². The van der Waals surface area contributed by atoms with Gasteiger partial charge in [0, 0.05) is 49.9 Å². The summed E-state index contributed by atoms with van der Waals surface area (Å²) in [5.41, 5.74) is 3.83. The van der Waals surface area contributed by atoms with E-state index in [0.717, 1.165) is 43.7 Å². The van der Waals surface area contributed by atoms with Crippen molar-refractivity contribution >= 4 is 17.6 Å². The lowest BCUT2D eigenvalue weighted by Gasteiger charge is -2.33. The second-order valence-corrected chi connectivity index (χ2v) is 9.19. The number of hydrogen-bond acceptors (Lipinski definition) is 3. The number of anilines is 1. The maximum atomic E-state index is 12.8. The Balaban J connectivity index is 1.28. The van der Waals surface area contributed by atoms with Crippen LogP contribution in [0, 0.1) is 0 Å². The molecule has 4 rings (SSSR count). The first-order chi connectivity index (χ1) is 17.1. The lowest BCUT2D eigenvalue weighted by atomic mass is 9.89. The Morgan fingerprint density at radius 1 is 0.971 bits per heavy atom.